The molecule has 0 unspecified atom stereocenters. The largest absolute Gasteiger partial charge is 0.368 e. The van der Waals surface area contributed by atoms with Crippen LogP contribution in [0.5, 0.6) is 0 Å². The molecule has 0 aliphatic carbocycles. The number of carbonyl (C=O) groups is 1. The van der Waals surface area contributed by atoms with Gasteiger partial charge in [-0.15, -0.1) is 0 Å². The highest BCUT2D eigenvalue weighted by Gasteiger charge is 2.25. The van der Waals surface area contributed by atoms with Crippen molar-refractivity contribution in [3.8, 4) is 0 Å². The Morgan fingerprint density at radius 3 is 2.33 bits per heavy atom. The summed E-state index contributed by atoms with van der Waals surface area (Å²) in [4.78, 5) is 15.1. The molecule has 190 valence electrons. The molecule has 4 rings (SSSR count). The number of carbonyl (C=O) groups excluding carboxylic acids is 1. The molecule has 0 bridgehead atoms. The van der Waals surface area contributed by atoms with E-state index >= 15 is 0 Å². The molecule has 36 heavy (non-hydrogen) atoms. The van der Waals surface area contributed by atoms with Gasteiger partial charge >= 0.3 is 0 Å². The van der Waals surface area contributed by atoms with Crippen LogP contribution in [0.2, 0.25) is 0 Å². The highest BCUT2D eigenvalue weighted by Crippen LogP contribution is 2.31. The summed E-state index contributed by atoms with van der Waals surface area (Å²) < 4.78 is 26.6. The van der Waals surface area contributed by atoms with Crippen LogP contribution in [0, 0.1) is 13.8 Å². The van der Waals surface area contributed by atoms with Gasteiger partial charge in [-0.1, -0.05) is 48.5 Å². The number of fused-ring (bicyclic) bond motifs is 1. The van der Waals surface area contributed by atoms with Crippen molar-refractivity contribution in [2.24, 2.45) is 0 Å². The average molecular weight is 506 g/mol. The Kier molecular flexibility index (Phi) is 7.69. The molecule has 3 aromatic rings. The van der Waals surface area contributed by atoms with Gasteiger partial charge in [-0.3, -0.25) is 9.10 Å². The van der Waals surface area contributed by atoms with Crippen LogP contribution in [-0.2, 0) is 23.0 Å². The Morgan fingerprint density at radius 2 is 1.67 bits per heavy atom. The Hall–Kier alpha value is -3.32. The highest BCUT2D eigenvalue weighted by atomic mass is 32.2. The lowest BCUT2D eigenvalue weighted by Crippen LogP contribution is -2.33. The van der Waals surface area contributed by atoms with E-state index in [-0.39, 0.29) is 12.5 Å². The summed E-state index contributed by atoms with van der Waals surface area (Å²) in [5.74, 6) is -0.119. The maximum absolute atomic E-state index is 12.7. The SMILES string of the molecule is Cc1cccc(C)c1N(Cc1ccc(C(=O)NCCCN2c3ccccc3C[C@H]2C)cc1)S(C)(=O)=O. The molecule has 1 aliphatic rings. The van der Waals surface area contributed by atoms with E-state index in [0.717, 1.165) is 36.1 Å². The fourth-order valence-electron chi connectivity index (χ4n) is 5.01. The molecule has 1 amide bonds. The Balaban J connectivity index is 1.34. The Morgan fingerprint density at radius 1 is 1.00 bits per heavy atom. The molecular formula is C29H35N3O3S. The second-order valence-electron chi connectivity index (χ2n) is 9.69. The van der Waals surface area contributed by atoms with Crippen LogP contribution in [0.25, 0.3) is 0 Å². The van der Waals surface area contributed by atoms with Crippen LogP contribution in [0.15, 0.2) is 66.7 Å². The van der Waals surface area contributed by atoms with Gasteiger partial charge in [0.25, 0.3) is 5.91 Å². The van der Waals surface area contributed by atoms with Crippen molar-refractivity contribution in [3.63, 3.8) is 0 Å². The summed E-state index contributed by atoms with van der Waals surface area (Å²) in [5, 5.41) is 3.02. The van der Waals surface area contributed by atoms with Crippen molar-refractivity contribution < 1.29 is 13.2 Å². The molecule has 0 saturated heterocycles. The van der Waals surface area contributed by atoms with Crippen molar-refractivity contribution in [1.29, 1.82) is 0 Å². The molecule has 6 nitrogen and oxygen atoms in total. The van der Waals surface area contributed by atoms with Gasteiger partial charge in [-0.2, -0.15) is 0 Å². The summed E-state index contributed by atoms with van der Waals surface area (Å²) >= 11 is 0. The predicted molar refractivity (Wildman–Crippen MR) is 147 cm³/mol. The van der Waals surface area contributed by atoms with Crippen molar-refractivity contribution in [1.82, 2.24) is 5.32 Å². The minimum absolute atomic E-state index is 0.119. The first-order valence-corrected chi connectivity index (χ1v) is 14.3. The predicted octanol–water partition coefficient (Wildman–Crippen LogP) is 4.84. The number of nitrogens with one attached hydrogen (secondary N) is 1. The monoisotopic (exact) mass is 505 g/mol. The molecule has 0 saturated carbocycles. The zero-order valence-corrected chi connectivity index (χ0v) is 22.3. The normalized spacial score (nSPS) is 15.0. The summed E-state index contributed by atoms with van der Waals surface area (Å²) in [5.41, 5.74) is 6.60. The summed E-state index contributed by atoms with van der Waals surface area (Å²) in [6.45, 7) is 7.78. The second kappa shape index (κ2) is 10.7. The Labute approximate surface area is 215 Å². The summed E-state index contributed by atoms with van der Waals surface area (Å²) in [7, 11) is -3.48. The number of aryl methyl sites for hydroxylation is 2. The number of hydrogen-bond donors (Lipinski definition) is 1. The van der Waals surface area contributed by atoms with E-state index in [9.17, 15) is 13.2 Å². The van der Waals surface area contributed by atoms with Gasteiger partial charge in [0.15, 0.2) is 0 Å². The van der Waals surface area contributed by atoms with Gasteiger partial charge in [-0.05, 0) is 74.1 Å². The number of benzene rings is 3. The van der Waals surface area contributed by atoms with Crippen LogP contribution < -0.4 is 14.5 Å². The van der Waals surface area contributed by atoms with Crippen LogP contribution in [0.1, 0.15) is 46.0 Å². The molecule has 0 aromatic heterocycles. The zero-order chi connectivity index (χ0) is 25.9. The number of anilines is 2. The first-order valence-electron chi connectivity index (χ1n) is 12.4. The topological polar surface area (TPSA) is 69.7 Å². The number of amides is 1. The lowest BCUT2D eigenvalue weighted by Gasteiger charge is -2.26. The second-order valence-corrected chi connectivity index (χ2v) is 11.6. The van der Waals surface area contributed by atoms with Gasteiger partial charge in [0.2, 0.25) is 10.0 Å². The maximum Gasteiger partial charge on any atom is 0.251 e. The van der Waals surface area contributed by atoms with E-state index in [1.54, 1.807) is 12.1 Å². The van der Waals surface area contributed by atoms with E-state index in [1.165, 1.54) is 21.8 Å². The summed E-state index contributed by atoms with van der Waals surface area (Å²) in [6, 6.07) is 21.9. The van der Waals surface area contributed by atoms with Crippen molar-refractivity contribution in [3.05, 3.63) is 94.5 Å². The number of nitrogens with zero attached hydrogens (tertiary/aromatic N) is 2. The molecule has 1 heterocycles. The van der Waals surface area contributed by atoms with Gasteiger partial charge < -0.3 is 10.2 Å². The number of hydrogen-bond acceptors (Lipinski definition) is 4. The van der Waals surface area contributed by atoms with Gasteiger partial charge in [0, 0.05) is 30.4 Å². The van der Waals surface area contributed by atoms with Crippen molar-refractivity contribution >= 4 is 27.3 Å². The lowest BCUT2D eigenvalue weighted by atomic mass is 10.1. The minimum atomic E-state index is -3.48. The fraction of sp³-hybridized carbons (Fsp3) is 0.345. The molecule has 1 aliphatic heterocycles. The van der Waals surface area contributed by atoms with E-state index < -0.39 is 10.0 Å². The van der Waals surface area contributed by atoms with Crippen LogP contribution in [0.3, 0.4) is 0 Å². The third kappa shape index (κ3) is 5.73. The Bertz CT molecular complexity index is 1320. The quantitative estimate of drug-likeness (QED) is 0.423. The highest BCUT2D eigenvalue weighted by molar-refractivity contribution is 7.92. The molecule has 3 aromatic carbocycles. The average Bonchev–Trinajstić information content (AvgIpc) is 3.15. The van der Waals surface area contributed by atoms with E-state index in [4.69, 9.17) is 0 Å². The third-order valence-electron chi connectivity index (χ3n) is 6.84. The zero-order valence-electron chi connectivity index (χ0n) is 21.5. The first-order chi connectivity index (χ1) is 17.1. The van der Waals surface area contributed by atoms with E-state index in [1.807, 2.05) is 44.2 Å². The van der Waals surface area contributed by atoms with Gasteiger partial charge in [-0.25, -0.2) is 8.42 Å². The van der Waals surface area contributed by atoms with E-state index in [2.05, 4.69) is 41.4 Å². The molecule has 1 atom stereocenters. The molecule has 1 N–H and O–H groups in total. The minimum Gasteiger partial charge on any atom is -0.368 e. The van der Waals surface area contributed by atoms with Crippen LogP contribution in [0.4, 0.5) is 11.4 Å². The number of para-hydroxylation sites is 2. The van der Waals surface area contributed by atoms with Gasteiger partial charge in [0.1, 0.15) is 0 Å². The maximum atomic E-state index is 12.7. The van der Waals surface area contributed by atoms with Crippen molar-refractivity contribution in [2.45, 2.75) is 46.2 Å². The number of rotatable bonds is 9. The molecule has 0 fully saturated rings. The van der Waals surface area contributed by atoms with Crippen LogP contribution >= 0.6 is 0 Å². The first kappa shape index (κ1) is 25.8. The molecular weight excluding hydrogens is 470 g/mol. The molecule has 0 radical (unpaired) electrons. The van der Waals surface area contributed by atoms with Gasteiger partial charge in [0.05, 0.1) is 18.5 Å². The fourth-order valence-corrected chi connectivity index (χ4v) is 6.02. The molecule has 0 spiro atoms. The van der Waals surface area contributed by atoms with Crippen LogP contribution in [-0.4, -0.2) is 39.7 Å². The summed E-state index contributed by atoms with van der Waals surface area (Å²) in [6.07, 6.45) is 3.15. The smallest absolute Gasteiger partial charge is 0.251 e. The standard InChI is InChI=1S/C29H35N3O3S/c1-21-9-7-10-22(2)28(21)32(36(4,34)35)20-24-13-15-25(16-14-24)29(33)30-17-8-18-31-23(3)19-26-11-5-6-12-27(26)31/h5-7,9-16,23H,8,17-20H2,1-4H3,(H,30,33)/t23-/m1/s1. The number of sulfonamides is 1. The van der Waals surface area contributed by atoms with E-state index in [0.29, 0.717) is 23.8 Å². The van der Waals surface area contributed by atoms with Crippen molar-refractivity contribution in [2.75, 3.05) is 28.6 Å². The lowest BCUT2D eigenvalue weighted by molar-refractivity contribution is 0.0953. The third-order valence-corrected chi connectivity index (χ3v) is 7.95. The molecule has 7 heteroatoms.